The van der Waals surface area contributed by atoms with Crippen LogP contribution in [-0.4, -0.2) is 20.6 Å². The second-order valence-electron chi connectivity index (χ2n) is 4.87. The molecule has 17 heavy (non-hydrogen) atoms. The second-order valence-corrected chi connectivity index (χ2v) is 4.87. The molecule has 1 fully saturated rings. The molecule has 0 aromatic carbocycles. The highest BCUT2D eigenvalue weighted by molar-refractivity contribution is 5.43. The number of nitrogens with one attached hydrogen (secondary N) is 1. The van der Waals surface area contributed by atoms with E-state index >= 15 is 0 Å². The fraction of sp³-hybridized carbons (Fsp3) is 0.538. The smallest absolute Gasteiger partial charge is 0.243 e. The van der Waals surface area contributed by atoms with Crippen molar-refractivity contribution in [2.45, 2.75) is 38.6 Å². The van der Waals surface area contributed by atoms with Crippen LogP contribution in [0.3, 0.4) is 0 Å². The molecule has 2 aromatic heterocycles. The molecular weight excluding hydrogens is 212 g/mol. The van der Waals surface area contributed by atoms with Gasteiger partial charge in [0.1, 0.15) is 0 Å². The van der Waals surface area contributed by atoms with Gasteiger partial charge in [-0.25, -0.2) is 4.52 Å². The standard InChI is InChI=1S/C13H18N4/c1-2-11(9-10-6-7-10)14-13-15-12-5-3-4-8-17(12)16-13/h3-5,8,10-11H,2,6-7,9H2,1H3,(H,14,16). The SMILES string of the molecule is CCC(CC1CC1)Nc1nc2ccccn2n1. The topological polar surface area (TPSA) is 42.2 Å². The van der Waals surface area contributed by atoms with Crippen LogP contribution in [0.25, 0.3) is 5.65 Å². The highest BCUT2D eigenvalue weighted by atomic mass is 15.3. The van der Waals surface area contributed by atoms with Gasteiger partial charge in [-0.15, -0.1) is 5.10 Å². The van der Waals surface area contributed by atoms with E-state index in [0.717, 1.165) is 23.9 Å². The molecule has 0 spiro atoms. The van der Waals surface area contributed by atoms with E-state index in [9.17, 15) is 0 Å². The van der Waals surface area contributed by atoms with Gasteiger partial charge in [0.2, 0.25) is 5.95 Å². The summed E-state index contributed by atoms with van der Waals surface area (Å²) in [5.41, 5.74) is 0.899. The molecule has 1 aliphatic carbocycles. The predicted octanol–water partition coefficient (Wildman–Crippen LogP) is 2.72. The van der Waals surface area contributed by atoms with Gasteiger partial charge in [0, 0.05) is 12.2 Å². The van der Waals surface area contributed by atoms with Crippen LogP contribution in [0.15, 0.2) is 24.4 Å². The van der Waals surface area contributed by atoms with Gasteiger partial charge in [-0.3, -0.25) is 0 Å². The van der Waals surface area contributed by atoms with E-state index in [1.165, 1.54) is 19.3 Å². The third-order valence-electron chi connectivity index (χ3n) is 3.38. The molecule has 0 amide bonds. The fourth-order valence-electron chi connectivity index (χ4n) is 2.16. The van der Waals surface area contributed by atoms with Gasteiger partial charge in [0.05, 0.1) is 0 Å². The molecule has 2 heterocycles. The summed E-state index contributed by atoms with van der Waals surface area (Å²) in [4.78, 5) is 4.47. The molecule has 1 unspecified atom stereocenters. The number of hydrogen-bond acceptors (Lipinski definition) is 3. The second kappa shape index (κ2) is 4.35. The predicted molar refractivity (Wildman–Crippen MR) is 68.0 cm³/mol. The number of pyridine rings is 1. The summed E-state index contributed by atoms with van der Waals surface area (Å²) in [7, 11) is 0. The first-order chi connectivity index (χ1) is 8.35. The quantitative estimate of drug-likeness (QED) is 0.858. The third-order valence-corrected chi connectivity index (χ3v) is 3.38. The first kappa shape index (κ1) is 10.6. The molecule has 90 valence electrons. The average molecular weight is 230 g/mol. The number of aromatic nitrogens is 3. The fourth-order valence-corrected chi connectivity index (χ4v) is 2.16. The van der Waals surface area contributed by atoms with E-state index in [1.54, 1.807) is 0 Å². The van der Waals surface area contributed by atoms with Gasteiger partial charge in [-0.2, -0.15) is 4.98 Å². The maximum absolute atomic E-state index is 4.47. The van der Waals surface area contributed by atoms with Crippen molar-refractivity contribution in [3.63, 3.8) is 0 Å². The van der Waals surface area contributed by atoms with Gasteiger partial charge in [0.15, 0.2) is 5.65 Å². The molecular formula is C13H18N4. The Hall–Kier alpha value is -1.58. The van der Waals surface area contributed by atoms with Crippen molar-refractivity contribution in [1.29, 1.82) is 0 Å². The lowest BCUT2D eigenvalue weighted by Gasteiger charge is -2.14. The third kappa shape index (κ3) is 2.40. The summed E-state index contributed by atoms with van der Waals surface area (Å²) in [6, 6.07) is 6.43. The Morgan fingerprint density at radius 1 is 1.47 bits per heavy atom. The van der Waals surface area contributed by atoms with Crippen molar-refractivity contribution in [1.82, 2.24) is 14.6 Å². The normalized spacial score (nSPS) is 17.2. The molecule has 0 aliphatic heterocycles. The molecule has 1 aliphatic rings. The van der Waals surface area contributed by atoms with E-state index in [1.807, 2.05) is 28.9 Å². The van der Waals surface area contributed by atoms with E-state index < -0.39 is 0 Å². The molecule has 0 radical (unpaired) electrons. The zero-order valence-electron chi connectivity index (χ0n) is 10.1. The van der Waals surface area contributed by atoms with Crippen LogP contribution >= 0.6 is 0 Å². The van der Waals surface area contributed by atoms with Crippen LogP contribution in [0.5, 0.6) is 0 Å². The number of rotatable bonds is 5. The van der Waals surface area contributed by atoms with Crippen molar-refractivity contribution in [3.05, 3.63) is 24.4 Å². The van der Waals surface area contributed by atoms with Crippen molar-refractivity contribution in [3.8, 4) is 0 Å². The number of nitrogens with zero attached hydrogens (tertiary/aromatic N) is 3. The van der Waals surface area contributed by atoms with Gasteiger partial charge in [0.25, 0.3) is 0 Å². The van der Waals surface area contributed by atoms with Gasteiger partial charge < -0.3 is 5.32 Å². The first-order valence-corrected chi connectivity index (χ1v) is 6.43. The Morgan fingerprint density at radius 3 is 3.06 bits per heavy atom. The van der Waals surface area contributed by atoms with Crippen LogP contribution in [0.1, 0.15) is 32.6 Å². The first-order valence-electron chi connectivity index (χ1n) is 6.43. The zero-order chi connectivity index (χ0) is 11.7. The molecule has 4 nitrogen and oxygen atoms in total. The Kier molecular flexibility index (Phi) is 2.71. The number of anilines is 1. The van der Waals surface area contributed by atoms with E-state index in [0.29, 0.717) is 6.04 Å². The van der Waals surface area contributed by atoms with Crippen molar-refractivity contribution < 1.29 is 0 Å². The van der Waals surface area contributed by atoms with Gasteiger partial charge in [-0.1, -0.05) is 25.8 Å². The van der Waals surface area contributed by atoms with Crippen LogP contribution in [0.2, 0.25) is 0 Å². The Bertz CT molecular complexity index is 468. The molecule has 3 rings (SSSR count). The highest BCUT2D eigenvalue weighted by Crippen LogP contribution is 2.34. The maximum atomic E-state index is 4.47. The van der Waals surface area contributed by atoms with E-state index in [-0.39, 0.29) is 0 Å². The lowest BCUT2D eigenvalue weighted by atomic mass is 10.1. The van der Waals surface area contributed by atoms with E-state index in [4.69, 9.17) is 0 Å². The van der Waals surface area contributed by atoms with Crippen molar-refractivity contribution in [2.24, 2.45) is 5.92 Å². The lowest BCUT2D eigenvalue weighted by Crippen LogP contribution is -2.19. The van der Waals surface area contributed by atoms with E-state index in [2.05, 4.69) is 22.3 Å². The summed E-state index contributed by atoms with van der Waals surface area (Å²) in [5.74, 6) is 1.69. The number of fused-ring (bicyclic) bond motifs is 1. The number of hydrogen-bond donors (Lipinski definition) is 1. The summed E-state index contributed by atoms with van der Waals surface area (Å²) in [6.07, 6.45) is 7.11. The summed E-state index contributed by atoms with van der Waals surface area (Å²) in [5, 5.41) is 7.87. The summed E-state index contributed by atoms with van der Waals surface area (Å²) < 4.78 is 1.81. The summed E-state index contributed by atoms with van der Waals surface area (Å²) in [6.45, 7) is 2.22. The molecule has 1 saturated carbocycles. The monoisotopic (exact) mass is 230 g/mol. The minimum Gasteiger partial charge on any atom is -0.350 e. The molecule has 1 atom stereocenters. The van der Waals surface area contributed by atoms with Crippen LogP contribution in [0.4, 0.5) is 5.95 Å². The van der Waals surface area contributed by atoms with Crippen LogP contribution < -0.4 is 5.32 Å². The molecule has 4 heteroatoms. The van der Waals surface area contributed by atoms with Gasteiger partial charge >= 0.3 is 0 Å². The largest absolute Gasteiger partial charge is 0.350 e. The molecule has 0 bridgehead atoms. The highest BCUT2D eigenvalue weighted by Gasteiger charge is 2.25. The minimum absolute atomic E-state index is 0.514. The van der Waals surface area contributed by atoms with Crippen molar-refractivity contribution in [2.75, 3.05) is 5.32 Å². The molecule has 0 saturated heterocycles. The van der Waals surface area contributed by atoms with Gasteiger partial charge in [-0.05, 0) is 30.9 Å². The lowest BCUT2D eigenvalue weighted by molar-refractivity contribution is 0.583. The Morgan fingerprint density at radius 2 is 2.35 bits per heavy atom. The summed E-state index contributed by atoms with van der Waals surface area (Å²) >= 11 is 0. The molecule has 2 aromatic rings. The van der Waals surface area contributed by atoms with Crippen LogP contribution in [0, 0.1) is 5.92 Å². The average Bonchev–Trinajstić information content (AvgIpc) is 3.06. The Balaban J connectivity index is 1.73. The Labute approximate surface area is 101 Å². The minimum atomic E-state index is 0.514. The molecule has 1 N–H and O–H groups in total. The zero-order valence-corrected chi connectivity index (χ0v) is 10.1. The van der Waals surface area contributed by atoms with Crippen molar-refractivity contribution >= 4 is 11.6 Å². The maximum Gasteiger partial charge on any atom is 0.243 e. The van der Waals surface area contributed by atoms with Crippen LogP contribution in [-0.2, 0) is 0 Å².